The van der Waals surface area contributed by atoms with E-state index in [0.717, 1.165) is 25.7 Å². The number of rotatable bonds is 3. The number of methoxy groups -OCH3 is 2. The quantitative estimate of drug-likeness (QED) is 0.426. The standard InChI is InChI=1S/C34H37NO4/c1-31-20-12-10-16-23(31)25-26(24-17-11-13-21(19-18-20)32(24,31)2)34(4)28(30(37)39-6)27(29(36)38-5)33(25,3)35(34)22-14-8-7-9-15-22/h10-13,16-19,22H,7-9,14-15H2,1-6H3/t31-,32-,33-,34+/m1/s1. The molecule has 0 aromatic heterocycles. The fourth-order valence-electron chi connectivity index (χ4n) is 9.70. The van der Waals surface area contributed by atoms with E-state index in [9.17, 15) is 9.59 Å². The monoisotopic (exact) mass is 523 g/mol. The molecule has 1 saturated carbocycles. The number of hydrogen-bond acceptors (Lipinski definition) is 5. The van der Waals surface area contributed by atoms with Gasteiger partial charge in [0.2, 0.25) is 0 Å². The van der Waals surface area contributed by atoms with Crippen LogP contribution in [-0.2, 0) is 19.1 Å². The molecule has 0 radical (unpaired) electrons. The number of carbonyl (C=O) groups is 2. The van der Waals surface area contributed by atoms with Gasteiger partial charge in [-0.05, 0) is 60.1 Å². The van der Waals surface area contributed by atoms with Crippen molar-refractivity contribution in [3.8, 4) is 0 Å². The van der Waals surface area contributed by atoms with Gasteiger partial charge in [0.25, 0.3) is 0 Å². The topological polar surface area (TPSA) is 55.8 Å². The zero-order valence-corrected chi connectivity index (χ0v) is 23.8. The van der Waals surface area contributed by atoms with Crippen LogP contribution >= 0.6 is 0 Å². The van der Waals surface area contributed by atoms with Crippen LogP contribution in [0.2, 0.25) is 0 Å². The van der Waals surface area contributed by atoms with Gasteiger partial charge in [0, 0.05) is 16.9 Å². The van der Waals surface area contributed by atoms with E-state index in [0.29, 0.717) is 11.1 Å². The van der Waals surface area contributed by atoms with Crippen LogP contribution in [0.1, 0.15) is 59.8 Å². The second kappa shape index (κ2) is 7.72. The summed E-state index contributed by atoms with van der Waals surface area (Å²) in [6, 6.07) is 0.230. The number of hydrogen-bond donors (Lipinski definition) is 0. The van der Waals surface area contributed by atoms with Gasteiger partial charge in [-0.25, -0.2) is 9.59 Å². The van der Waals surface area contributed by atoms with Crippen LogP contribution in [0, 0.1) is 10.8 Å². The minimum absolute atomic E-state index is 0.230. The Kier molecular flexibility index (Phi) is 4.92. The summed E-state index contributed by atoms with van der Waals surface area (Å²) in [5.41, 5.74) is 5.93. The molecule has 0 spiro atoms. The Morgan fingerprint density at radius 2 is 1.15 bits per heavy atom. The lowest BCUT2D eigenvalue weighted by molar-refractivity contribution is -0.139. The zero-order chi connectivity index (χ0) is 27.5. The SMILES string of the molecule is COC(=O)C1=C(C(=O)OC)[C@]2(C)C3=C(C4=CC=CC5=CC=C6C=CC=C3[C@]6(C)[C@]54C)[C@@]1(C)N2C1CCCCC1. The first-order chi connectivity index (χ1) is 18.6. The average Bonchev–Trinajstić information content (AvgIpc) is 3.27. The molecular formula is C34H37NO4. The molecule has 2 heterocycles. The molecule has 0 saturated heterocycles. The Morgan fingerprint density at radius 3 is 1.56 bits per heavy atom. The molecule has 0 aromatic carbocycles. The van der Waals surface area contributed by atoms with E-state index in [1.165, 1.54) is 54.1 Å². The predicted octanol–water partition coefficient (Wildman–Crippen LogP) is 5.99. The van der Waals surface area contributed by atoms with Crippen molar-refractivity contribution in [1.82, 2.24) is 4.90 Å². The van der Waals surface area contributed by atoms with Gasteiger partial charge in [-0.2, -0.15) is 0 Å². The van der Waals surface area contributed by atoms with Crippen LogP contribution in [0.5, 0.6) is 0 Å². The molecule has 0 unspecified atom stereocenters. The van der Waals surface area contributed by atoms with Gasteiger partial charge in [-0.3, -0.25) is 4.90 Å². The normalized spacial score (nSPS) is 38.1. The molecule has 202 valence electrons. The van der Waals surface area contributed by atoms with Crippen molar-refractivity contribution in [3.63, 3.8) is 0 Å². The van der Waals surface area contributed by atoms with E-state index in [1.807, 2.05) is 0 Å². The molecule has 7 rings (SSSR count). The first-order valence-corrected chi connectivity index (χ1v) is 14.3. The van der Waals surface area contributed by atoms with E-state index in [4.69, 9.17) is 9.47 Å². The number of fused-ring (bicyclic) bond motifs is 6. The average molecular weight is 524 g/mol. The molecule has 5 nitrogen and oxygen atoms in total. The number of allylic oxidation sites excluding steroid dienone is 10. The fraction of sp³-hybridized carbons (Fsp3) is 0.471. The minimum atomic E-state index is -0.835. The molecule has 7 aliphatic rings. The van der Waals surface area contributed by atoms with E-state index < -0.39 is 23.0 Å². The molecule has 39 heavy (non-hydrogen) atoms. The molecule has 4 atom stereocenters. The minimum Gasteiger partial charge on any atom is -0.466 e. The maximum Gasteiger partial charge on any atom is 0.336 e. The molecule has 2 bridgehead atoms. The second-order valence-electron chi connectivity index (χ2n) is 12.7. The van der Waals surface area contributed by atoms with Crippen LogP contribution in [0.25, 0.3) is 0 Å². The third-order valence-corrected chi connectivity index (χ3v) is 11.4. The van der Waals surface area contributed by atoms with Gasteiger partial charge in [-0.1, -0.05) is 81.7 Å². The van der Waals surface area contributed by atoms with E-state index in [1.54, 1.807) is 0 Å². The van der Waals surface area contributed by atoms with Gasteiger partial charge >= 0.3 is 11.9 Å². The third kappa shape index (κ3) is 2.49. The molecule has 2 aliphatic heterocycles. The van der Waals surface area contributed by atoms with Gasteiger partial charge < -0.3 is 9.47 Å². The van der Waals surface area contributed by atoms with Gasteiger partial charge in [-0.15, -0.1) is 0 Å². The smallest absolute Gasteiger partial charge is 0.336 e. The highest BCUT2D eigenvalue weighted by atomic mass is 16.5. The number of carbonyl (C=O) groups excluding carboxylic acids is 2. The summed E-state index contributed by atoms with van der Waals surface area (Å²) >= 11 is 0. The molecular weight excluding hydrogens is 486 g/mol. The molecule has 5 aliphatic carbocycles. The van der Waals surface area contributed by atoms with Crippen molar-refractivity contribution in [3.05, 3.63) is 93.2 Å². The van der Waals surface area contributed by atoms with E-state index in [2.05, 4.69) is 81.2 Å². The molecule has 0 N–H and O–H groups in total. The lowest BCUT2D eigenvalue weighted by atomic mass is 9.42. The van der Waals surface area contributed by atoms with Crippen molar-refractivity contribution in [2.24, 2.45) is 10.8 Å². The summed E-state index contributed by atoms with van der Waals surface area (Å²) in [6.45, 7) is 9.06. The van der Waals surface area contributed by atoms with Crippen molar-refractivity contribution in [2.45, 2.75) is 76.9 Å². The maximum atomic E-state index is 13.8. The largest absolute Gasteiger partial charge is 0.466 e. The van der Waals surface area contributed by atoms with Crippen molar-refractivity contribution in [2.75, 3.05) is 14.2 Å². The number of nitrogens with zero attached hydrogens (tertiary/aromatic N) is 1. The molecule has 0 amide bonds. The Hall–Kier alpha value is -3.18. The number of esters is 2. The van der Waals surface area contributed by atoms with Crippen molar-refractivity contribution in [1.29, 1.82) is 0 Å². The third-order valence-electron chi connectivity index (χ3n) is 11.4. The van der Waals surface area contributed by atoms with Crippen LogP contribution in [0.15, 0.2) is 93.2 Å². The summed E-state index contributed by atoms with van der Waals surface area (Å²) in [6.07, 6.45) is 23.4. The first kappa shape index (κ1) is 24.8. The highest BCUT2D eigenvalue weighted by molar-refractivity contribution is 6.09. The predicted molar refractivity (Wildman–Crippen MR) is 150 cm³/mol. The summed E-state index contributed by atoms with van der Waals surface area (Å²) in [7, 11) is 2.83. The lowest BCUT2D eigenvalue weighted by Gasteiger charge is -2.60. The van der Waals surface area contributed by atoms with Gasteiger partial charge in [0.1, 0.15) is 0 Å². The molecule has 5 heteroatoms. The van der Waals surface area contributed by atoms with E-state index >= 15 is 0 Å². The van der Waals surface area contributed by atoms with Crippen LogP contribution in [0.3, 0.4) is 0 Å². The second-order valence-corrected chi connectivity index (χ2v) is 12.7. The highest BCUT2D eigenvalue weighted by Crippen LogP contribution is 2.76. The van der Waals surface area contributed by atoms with Crippen LogP contribution < -0.4 is 0 Å². The zero-order valence-electron chi connectivity index (χ0n) is 23.8. The molecule has 1 fully saturated rings. The Morgan fingerprint density at radius 1 is 0.718 bits per heavy atom. The van der Waals surface area contributed by atoms with Gasteiger partial charge in [0.05, 0.1) is 36.4 Å². The van der Waals surface area contributed by atoms with Crippen molar-refractivity contribution < 1.29 is 19.1 Å². The highest BCUT2D eigenvalue weighted by Gasteiger charge is 2.75. The summed E-state index contributed by atoms with van der Waals surface area (Å²) in [4.78, 5) is 30.1. The van der Waals surface area contributed by atoms with Gasteiger partial charge in [0.15, 0.2) is 0 Å². The first-order valence-electron chi connectivity index (χ1n) is 14.3. The summed E-state index contributed by atoms with van der Waals surface area (Å²) < 4.78 is 10.9. The van der Waals surface area contributed by atoms with Crippen LogP contribution in [0.4, 0.5) is 0 Å². The summed E-state index contributed by atoms with van der Waals surface area (Å²) in [5.74, 6) is -0.895. The number of ether oxygens (including phenoxy) is 2. The Balaban J connectivity index is 1.62. The summed E-state index contributed by atoms with van der Waals surface area (Å²) in [5, 5.41) is 0. The Labute approximate surface area is 231 Å². The molecule has 0 aromatic rings. The fourth-order valence-corrected chi connectivity index (χ4v) is 9.70. The van der Waals surface area contributed by atoms with Crippen LogP contribution in [-0.4, -0.2) is 48.2 Å². The van der Waals surface area contributed by atoms with E-state index in [-0.39, 0.29) is 16.9 Å². The Bertz CT molecular complexity index is 1400. The maximum absolute atomic E-state index is 13.8. The van der Waals surface area contributed by atoms with Crippen molar-refractivity contribution >= 4 is 11.9 Å². The lowest BCUT2D eigenvalue weighted by Crippen LogP contribution is -2.56.